The summed E-state index contributed by atoms with van der Waals surface area (Å²) in [4.78, 5) is 29.1. The molecule has 0 saturated carbocycles. The second kappa shape index (κ2) is 8.78. The van der Waals surface area contributed by atoms with Gasteiger partial charge in [0.1, 0.15) is 11.5 Å². The number of methoxy groups -OCH3 is 2. The molecule has 1 saturated heterocycles. The molecule has 0 aliphatic carbocycles. The van der Waals surface area contributed by atoms with Crippen molar-refractivity contribution in [3.8, 4) is 11.5 Å². The molecule has 2 amide bonds. The third-order valence-electron chi connectivity index (χ3n) is 5.06. The summed E-state index contributed by atoms with van der Waals surface area (Å²) < 4.78 is 10.6. The van der Waals surface area contributed by atoms with Crippen molar-refractivity contribution in [2.75, 3.05) is 32.2 Å². The molecule has 1 aliphatic heterocycles. The van der Waals surface area contributed by atoms with E-state index in [1.54, 1.807) is 37.3 Å². The minimum atomic E-state index is -0.358. The van der Waals surface area contributed by atoms with E-state index in [0.717, 1.165) is 5.56 Å². The van der Waals surface area contributed by atoms with Crippen LogP contribution in [0, 0.1) is 5.92 Å². The normalized spacial score (nSPS) is 16.2. The molecule has 0 N–H and O–H groups in total. The Morgan fingerprint density at radius 1 is 1.14 bits per heavy atom. The number of carbonyl (C=O) groups excluding carboxylic acids is 2. The monoisotopic (exact) mass is 382 g/mol. The minimum absolute atomic E-state index is 0.00896. The number of hydrogen-bond acceptors (Lipinski definition) is 4. The highest BCUT2D eigenvalue weighted by molar-refractivity contribution is 6.01. The Morgan fingerprint density at radius 3 is 2.54 bits per heavy atom. The lowest BCUT2D eigenvalue weighted by Gasteiger charge is -2.25. The molecule has 0 bridgehead atoms. The minimum Gasteiger partial charge on any atom is -0.497 e. The van der Waals surface area contributed by atoms with Crippen molar-refractivity contribution in [3.63, 3.8) is 0 Å². The molecule has 6 heteroatoms. The summed E-state index contributed by atoms with van der Waals surface area (Å²) in [6.07, 6.45) is 0.208. The molecule has 1 fully saturated rings. The van der Waals surface area contributed by atoms with Gasteiger partial charge in [0.05, 0.1) is 25.8 Å². The summed E-state index contributed by atoms with van der Waals surface area (Å²) in [7, 11) is 3.14. The van der Waals surface area contributed by atoms with Crippen molar-refractivity contribution in [3.05, 3.63) is 54.1 Å². The van der Waals surface area contributed by atoms with Crippen molar-refractivity contribution in [1.82, 2.24) is 4.90 Å². The van der Waals surface area contributed by atoms with Crippen molar-refractivity contribution >= 4 is 17.5 Å². The first-order chi connectivity index (χ1) is 13.6. The summed E-state index contributed by atoms with van der Waals surface area (Å²) >= 11 is 0. The summed E-state index contributed by atoms with van der Waals surface area (Å²) in [5.41, 5.74) is 1.74. The smallest absolute Gasteiger partial charge is 0.228 e. The number of anilines is 1. The molecule has 0 aromatic heterocycles. The summed E-state index contributed by atoms with van der Waals surface area (Å²) in [5.74, 6) is 0.785. The summed E-state index contributed by atoms with van der Waals surface area (Å²) in [6, 6.07) is 15.2. The van der Waals surface area contributed by atoms with Gasteiger partial charge in [0.25, 0.3) is 0 Å². The maximum atomic E-state index is 13.1. The summed E-state index contributed by atoms with van der Waals surface area (Å²) in [6.45, 7) is 3.46. The van der Waals surface area contributed by atoms with E-state index in [1.165, 1.54) is 0 Å². The SMILES string of the molecule is CCN(Cc1ccccc1)C(=O)C1CC(=O)N(c2ccc(OC)cc2OC)C1. The number of ether oxygens (including phenoxy) is 2. The largest absolute Gasteiger partial charge is 0.497 e. The predicted octanol–water partition coefficient (Wildman–Crippen LogP) is 3.11. The Kier molecular flexibility index (Phi) is 6.19. The van der Waals surface area contributed by atoms with Crippen molar-refractivity contribution in [2.45, 2.75) is 19.9 Å². The maximum absolute atomic E-state index is 13.1. The van der Waals surface area contributed by atoms with Crippen LogP contribution in [0.5, 0.6) is 11.5 Å². The van der Waals surface area contributed by atoms with E-state index >= 15 is 0 Å². The average molecular weight is 382 g/mol. The number of nitrogens with zero attached hydrogens (tertiary/aromatic N) is 2. The highest BCUT2D eigenvalue weighted by Gasteiger charge is 2.38. The molecule has 6 nitrogen and oxygen atoms in total. The van der Waals surface area contributed by atoms with Gasteiger partial charge in [-0.2, -0.15) is 0 Å². The van der Waals surface area contributed by atoms with Crippen molar-refractivity contribution < 1.29 is 19.1 Å². The fourth-order valence-corrected chi connectivity index (χ4v) is 3.52. The van der Waals surface area contributed by atoms with Gasteiger partial charge >= 0.3 is 0 Å². The number of amides is 2. The molecule has 0 spiro atoms. The van der Waals surface area contributed by atoms with Crippen LogP contribution in [0.15, 0.2) is 48.5 Å². The third kappa shape index (κ3) is 4.11. The Labute approximate surface area is 165 Å². The van der Waals surface area contributed by atoms with Crippen LogP contribution in [-0.4, -0.2) is 44.0 Å². The lowest BCUT2D eigenvalue weighted by molar-refractivity contribution is -0.136. The highest BCUT2D eigenvalue weighted by atomic mass is 16.5. The van der Waals surface area contributed by atoms with Gasteiger partial charge in [0.15, 0.2) is 0 Å². The Hall–Kier alpha value is -3.02. The van der Waals surface area contributed by atoms with Crippen LogP contribution in [0.1, 0.15) is 18.9 Å². The molecular weight excluding hydrogens is 356 g/mol. The zero-order valence-corrected chi connectivity index (χ0v) is 16.6. The van der Waals surface area contributed by atoms with Crippen LogP contribution >= 0.6 is 0 Å². The molecule has 1 atom stereocenters. The summed E-state index contributed by atoms with van der Waals surface area (Å²) in [5, 5.41) is 0. The Bertz CT molecular complexity index is 838. The van der Waals surface area contributed by atoms with E-state index in [4.69, 9.17) is 9.47 Å². The maximum Gasteiger partial charge on any atom is 0.228 e. The molecule has 2 aromatic rings. The molecule has 1 unspecified atom stereocenters. The Balaban J connectivity index is 1.75. The number of rotatable bonds is 7. The number of hydrogen-bond donors (Lipinski definition) is 0. The predicted molar refractivity (Wildman–Crippen MR) is 108 cm³/mol. The van der Waals surface area contributed by atoms with Gasteiger partial charge in [0.2, 0.25) is 11.8 Å². The lowest BCUT2D eigenvalue weighted by atomic mass is 10.1. The van der Waals surface area contributed by atoms with Crippen LogP contribution < -0.4 is 14.4 Å². The van der Waals surface area contributed by atoms with E-state index in [9.17, 15) is 9.59 Å². The first-order valence-corrected chi connectivity index (χ1v) is 9.42. The van der Waals surface area contributed by atoms with Crippen LogP contribution in [-0.2, 0) is 16.1 Å². The van der Waals surface area contributed by atoms with Gasteiger partial charge in [-0.05, 0) is 24.6 Å². The van der Waals surface area contributed by atoms with E-state index in [-0.39, 0.29) is 24.2 Å². The first kappa shape index (κ1) is 19.7. The van der Waals surface area contributed by atoms with Crippen molar-refractivity contribution in [2.24, 2.45) is 5.92 Å². The Morgan fingerprint density at radius 2 is 1.89 bits per heavy atom. The van der Waals surface area contributed by atoms with E-state index in [0.29, 0.717) is 36.8 Å². The van der Waals surface area contributed by atoms with Crippen LogP contribution in [0.2, 0.25) is 0 Å². The van der Waals surface area contributed by atoms with Gasteiger partial charge in [-0.3, -0.25) is 9.59 Å². The van der Waals surface area contributed by atoms with Crippen LogP contribution in [0.25, 0.3) is 0 Å². The van der Waals surface area contributed by atoms with E-state index < -0.39 is 0 Å². The fraction of sp³-hybridized carbons (Fsp3) is 0.364. The van der Waals surface area contributed by atoms with Crippen molar-refractivity contribution in [1.29, 1.82) is 0 Å². The van der Waals surface area contributed by atoms with Gasteiger partial charge < -0.3 is 19.3 Å². The van der Waals surface area contributed by atoms with Gasteiger partial charge in [0, 0.05) is 32.1 Å². The molecule has 0 radical (unpaired) electrons. The zero-order valence-electron chi connectivity index (χ0n) is 16.6. The van der Waals surface area contributed by atoms with Crippen LogP contribution in [0.4, 0.5) is 5.69 Å². The molecule has 148 valence electrons. The standard InChI is InChI=1S/C22H26N2O4/c1-4-23(14-16-8-6-5-7-9-16)22(26)17-12-21(25)24(15-17)19-11-10-18(27-2)13-20(19)28-3/h5-11,13,17H,4,12,14-15H2,1-3H3. The fourth-order valence-electron chi connectivity index (χ4n) is 3.52. The topological polar surface area (TPSA) is 59.1 Å². The zero-order chi connectivity index (χ0) is 20.1. The van der Waals surface area contributed by atoms with Gasteiger partial charge in [-0.15, -0.1) is 0 Å². The number of benzene rings is 2. The molecule has 1 heterocycles. The molecule has 2 aromatic carbocycles. The lowest BCUT2D eigenvalue weighted by Crippen LogP contribution is -2.37. The van der Waals surface area contributed by atoms with Gasteiger partial charge in [-0.25, -0.2) is 0 Å². The average Bonchev–Trinajstić information content (AvgIpc) is 3.13. The van der Waals surface area contributed by atoms with E-state index in [2.05, 4.69) is 0 Å². The molecule has 28 heavy (non-hydrogen) atoms. The quantitative estimate of drug-likeness (QED) is 0.738. The number of carbonyl (C=O) groups is 2. The third-order valence-corrected chi connectivity index (χ3v) is 5.06. The molecule has 3 rings (SSSR count). The molecular formula is C22H26N2O4. The second-order valence-corrected chi connectivity index (χ2v) is 6.78. The van der Waals surface area contributed by atoms with Crippen LogP contribution in [0.3, 0.4) is 0 Å². The van der Waals surface area contributed by atoms with E-state index in [1.807, 2.05) is 42.2 Å². The molecule has 1 aliphatic rings. The van der Waals surface area contributed by atoms with Gasteiger partial charge in [-0.1, -0.05) is 30.3 Å². The first-order valence-electron chi connectivity index (χ1n) is 9.42. The highest BCUT2D eigenvalue weighted by Crippen LogP contribution is 2.36. The second-order valence-electron chi connectivity index (χ2n) is 6.78.